The van der Waals surface area contributed by atoms with Crippen molar-refractivity contribution in [2.45, 2.75) is 133 Å². The molecular formula is C51H62O13. The lowest BCUT2D eigenvalue weighted by Crippen LogP contribution is -2.66. The van der Waals surface area contributed by atoms with Crippen LogP contribution in [0.15, 0.2) is 121 Å². The zero-order valence-electron chi connectivity index (χ0n) is 36.8. The van der Waals surface area contributed by atoms with Crippen LogP contribution in [0.4, 0.5) is 0 Å². The van der Waals surface area contributed by atoms with E-state index in [-0.39, 0.29) is 32.4 Å². The summed E-state index contributed by atoms with van der Waals surface area (Å²) in [5, 5.41) is 0. The Labute approximate surface area is 376 Å². The van der Waals surface area contributed by atoms with Gasteiger partial charge < -0.3 is 52.1 Å². The van der Waals surface area contributed by atoms with Crippen LogP contribution < -0.4 is 0 Å². The summed E-state index contributed by atoms with van der Waals surface area (Å²) < 4.78 is 70.6. The Morgan fingerprint density at radius 2 is 1.12 bits per heavy atom. The molecule has 0 N–H and O–H groups in total. The van der Waals surface area contributed by atoms with Crippen molar-refractivity contribution < 1.29 is 61.7 Å². The minimum absolute atomic E-state index is 0.117. The lowest BCUT2D eigenvalue weighted by Gasteiger charge is -2.50. The summed E-state index contributed by atoms with van der Waals surface area (Å²) >= 11 is 0. The van der Waals surface area contributed by atoms with Gasteiger partial charge in [0.15, 0.2) is 31.1 Å². The average molecular weight is 883 g/mol. The van der Waals surface area contributed by atoms with Crippen LogP contribution >= 0.6 is 0 Å². The van der Waals surface area contributed by atoms with Crippen LogP contribution in [0, 0.1) is 0 Å². The van der Waals surface area contributed by atoms with E-state index in [4.69, 9.17) is 52.1 Å². The molecule has 10 atom stereocenters. The van der Waals surface area contributed by atoms with Crippen molar-refractivity contribution in [3.8, 4) is 0 Å². The second-order valence-electron chi connectivity index (χ2n) is 16.3. The number of hydrogen-bond donors (Lipinski definition) is 0. The first-order valence-corrected chi connectivity index (χ1v) is 22.5. The highest BCUT2D eigenvalue weighted by Gasteiger charge is 2.55. The van der Waals surface area contributed by atoms with Crippen LogP contribution in [-0.4, -0.2) is 94.2 Å². The molecule has 1 unspecified atom stereocenters. The lowest BCUT2D eigenvalue weighted by atomic mass is 9.96. The zero-order chi connectivity index (χ0) is 44.4. The molecule has 0 aromatic heterocycles. The maximum Gasteiger partial charge on any atom is 0.305 e. The van der Waals surface area contributed by atoms with E-state index in [1.807, 2.05) is 121 Å². The minimum Gasteiger partial charge on any atom is -0.469 e. The highest BCUT2D eigenvalue weighted by molar-refractivity contribution is 5.69. The van der Waals surface area contributed by atoms with Gasteiger partial charge in [0.2, 0.25) is 0 Å². The van der Waals surface area contributed by atoms with Crippen molar-refractivity contribution in [3.63, 3.8) is 0 Å². The Hall–Kier alpha value is -4.54. The Morgan fingerprint density at radius 3 is 1.73 bits per heavy atom. The Bertz CT molecular complexity index is 1940. The summed E-state index contributed by atoms with van der Waals surface area (Å²) in [5.41, 5.74) is 3.75. The second-order valence-corrected chi connectivity index (χ2v) is 16.3. The fourth-order valence-electron chi connectivity index (χ4n) is 8.16. The Kier molecular flexibility index (Phi) is 18.7. The zero-order valence-corrected chi connectivity index (χ0v) is 36.8. The van der Waals surface area contributed by atoms with Gasteiger partial charge in [-0.2, -0.15) is 0 Å². The normalized spacial score (nSPS) is 26.7. The van der Waals surface area contributed by atoms with Crippen LogP contribution in [0.5, 0.6) is 0 Å². The first-order valence-electron chi connectivity index (χ1n) is 22.5. The summed E-state index contributed by atoms with van der Waals surface area (Å²) in [5.74, 6) is -0.702. The standard InChI is InChI=1S/C51H62O13/c1-36(52)61-46-45-42(35-59-49(63-45)40-27-17-10-18-28-40)62-51(55-30-20-6-4-3-5-19-29-43(53)54-2)48(46)64-50-47(58-33-39-25-15-9-16-26-39)44(57-32-38-23-13-8-14-24-38)41(34-60-50)56-31-37-21-11-7-12-22-37/h7-18,21-28,41-42,44-51H,3-6,19-20,29-35H2,1-2H3/t41-,42-,44+,45-,46+,47-,48-,49?,50-,51+/m1/s1. The van der Waals surface area contributed by atoms with Crippen molar-refractivity contribution in [2.24, 2.45) is 0 Å². The third-order valence-corrected chi connectivity index (χ3v) is 11.5. The molecule has 13 nitrogen and oxygen atoms in total. The number of esters is 2. The smallest absolute Gasteiger partial charge is 0.305 e. The number of benzene rings is 4. The highest BCUT2D eigenvalue weighted by Crippen LogP contribution is 2.39. The number of unbranched alkanes of at least 4 members (excludes halogenated alkanes) is 5. The van der Waals surface area contributed by atoms with E-state index in [1.54, 1.807) is 0 Å². The summed E-state index contributed by atoms with van der Waals surface area (Å²) in [6.07, 6.45) is -2.46. The van der Waals surface area contributed by atoms with Gasteiger partial charge in [-0.05, 0) is 29.5 Å². The third kappa shape index (κ3) is 14.0. The van der Waals surface area contributed by atoms with Gasteiger partial charge in [-0.3, -0.25) is 9.59 Å². The molecule has 4 aromatic rings. The maximum absolute atomic E-state index is 13.0. The van der Waals surface area contributed by atoms with E-state index in [9.17, 15) is 9.59 Å². The van der Waals surface area contributed by atoms with Crippen molar-refractivity contribution in [1.82, 2.24) is 0 Å². The predicted molar refractivity (Wildman–Crippen MR) is 234 cm³/mol. The van der Waals surface area contributed by atoms with Crippen molar-refractivity contribution in [2.75, 3.05) is 26.9 Å². The molecule has 7 rings (SSSR count). The van der Waals surface area contributed by atoms with Gasteiger partial charge in [0.1, 0.15) is 30.5 Å². The van der Waals surface area contributed by atoms with Gasteiger partial charge in [-0.15, -0.1) is 0 Å². The molecule has 0 radical (unpaired) electrons. The molecule has 64 heavy (non-hydrogen) atoms. The molecule has 0 aliphatic carbocycles. The average Bonchev–Trinajstić information content (AvgIpc) is 3.33. The lowest BCUT2D eigenvalue weighted by molar-refractivity contribution is -0.391. The number of hydrogen-bond acceptors (Lipinski definition) is 13. The summed E-state index contributed by atoms with van der Waals surface area (Å²) in [7, 11) is 1.41. The van der Waals surface area contributed by atoms with Gasteiger partial charge in [-0.25, -0.2) is 0 Å². The number of methoxy groups -OCH3 is 1. The van der Waals surface area contributed by atoms with Crippen molar-refractivity contribution in [3.05, 3.63) is 144 Å². The fraction of sp³-hybridized carbons (Fsp3) is 0.490. The van der Waals surface area contributed by atoms with E-state index in [0.717, 1.165) is 60.8 Å². The summed E-state index contributed by atoms with van der Waals surface area (Å²) in [6, 6.07) is 39.3. The largest absolute Gasteiger partial charge is 0.469 e. The topological polar surface area (TPSA) is 136 Å². The molecule has 3 heterocycles. The molecule has 0 amide bonds. The monoisotopic (exact) mass is 882 g/mol. The van der Waals surface area contributed by atoms with Crippen molar-refractivity contribution in [1.29, 1.82) is 0 Å². The van der Waals surface area contributed by atoms with Crippen LogP contribution in [0.1, 0.15) is 80.4 Å². The van der Waals surface area contributed by atoms with Crippen LogP contribution in [0.25, 0.3) is 0 Å². The molecule has 3 aliphatic heterocycles. The number of rotatable bonds is 23. The quantitative estimate of drug-likeness (QED) is 0.0524. The Balaban J connectivity index is 1.14. The number of carbonyl (C=O) groups is 2. The molecule has 4 aromatic carbocycles. The molecule has 3 fully saturated rings. The number of carbonyl (C=O) groups excluding carboxylic acids is 2. The summed E-state index contributed by atoms with van der Waals surface area (Å²) in [4.78, 5) is 24.5. The minimum atomic E-state index is -1.05. The first kappa shape index (κ1) is 47.4. The summed E-state index contributed by atoms with van der Waals surface area (Å²) in [6.45, 7) is 2.84. The van der Waals surface area contributed by atoms with Crippen LogP contribution in [-0.2, 0) is 81.5 Å². The number of ether oxygens (including phenoxy) is 11. The molecule has 3 aliphatic rings. The SMILES string of the molecule is COC(=O)CCCCCCCCO[C@H]1O[C@@H]2COC(c3ccccc3)O[C@H]2[C@H](OC(C)=O)[C@H]1O[C@H]1OC[C@@H](OCc2ccccc2)[C@H](OCc2ccccc2)[C@H]1OCc1ccccc1. The van der Waals surface area contributed by atoms with Crippen LogP contribution in [0.3, 0.4) is 0 Å². The van der Waals surface area contributed by atoms with Gasteiger partial charge >= 0.3 is 11.9 Å². The highest BCUT2D eigenvalue weighted by atomic mass is 16.8. The van der Waals surface area contributed by atoms with Gasteiger partial charge in [0.25, 0.3) is 0 Å². The van der Waals surface area contributed by atoms with Gasteiger partial charge in [0, 0.05) is 25.5 Å². The van der Waals surface area contributed by atoms with E-state index >= 15 is 0 Å². The van der Waals surface area contributed by atoms with Crippen molar-refractivity contribution >= 4 is 11.9 Å². The van der Waals surface area contributed by atoms with E-state index in [0.29, 0.717) is 19.6 Å². The molecule has 0 saturated carbocycles. The third-order valence-electron chi connectivity index (χ3n) is 11.5. The van der Waals surface area contributed by atoms with E-state index < -0.39 is 67.6 Å². The predicted octanol–water partition coefficient (Wildman–Crippen LogP) is 8.18. The fourth-order valence-corrected chi connectivity index (χ4v) is 8.16. The second kappa shape index (κ2) is 25.2. The molecule has 0 bridgehead atoms. The molecule has 13 heteroatoms. The molecular weight excluding hydrogens is 821 g/mol. The maximum atomic E-state index is 13.0. The molecule has 3 saturated heterocycles. The van der Waals surface area contributed by atoms with Crippen LogP contribution in [0.2, 0.25) is 0 Å². The van der Waals surface area contributed by atoms with Gasteiger partial charge in [0.05, 0.1) is 40.1 Å². The van der Waals surface area contributed by atoms with E-state index in [2.05, 4.69) is 0 Å². The Morgan fingerprint density at radius 1 is 0.562 bits per heavy atom. The number of fused-ring (bicyclic) bond motifs is 1. The molecule has 344 valence electrons. The van der Waals surface area contributed by atoms with E-state index in [1.165, 1.54) is 14.0 Å². The van der Waals surface area contributed by atoms with Gasteiger partial charge in [-0.1, -0.05) is 147 Å². The molecule has 0 spiro atoms. The first-order chi connectivity index (χ1) is 31.4.